The second-order valence-electron chi connectivity index (χ2n) is 7.33. The van der Waals surface area contributed by atoms with Gasteiger partial charge in [-0.15, -0.1) is 0 Å². The predicted octanol–water partition coefficient (Wildman–Crippen LogP) is 3.69. The van der Waals surface area contributed by atoms with Gasteiger partial charge in [0.1, 0.15) is 11.6 Å². The van der Waals surface area contributed by atoms with Crippen molar-refractivity contribution in [2.24, 2.45) is 5.92 Å². The maximum atomic E-state index is 14.3. The first kappa shape index (κ1) is 20.6. The molecule has 0 fully saturated rings. The van der Waals surface area contributed by atoms with Crippen LogP contribution >= 0.6 is 22.6 Å². The average Bonchev–Trinajstić information content (AvgIpc) is 3.08. The molecule has 2 heterocycles. The number of amides is 1. The summed E-state index contributed by atoms with van der Waals surface area (Å²) in [4.78, 5) is 26.7. The lowest BCUT2D eigenvalue weighted by Gasteiger charge is -2.21. The highest BCUT2D eigenvalue weighted by atomic mass is 127. The number of ether oxygens (including phenoxy) is 1. The topological polar surface area (TPSA) is 77.6 Å². The summed E-state index contributed by atoms with van der Waals surface area (Å²) >= 11 is 2.04. The summed E-state index contributed by atoms with van der Waals surface area (Å²) in [5.41, 5.74) is 7.94. The van der Waals surface area contributed by atoms with E-state index in [1.54, 1.807) is 19.1 Å². The predicted molar refractivity (Wildman–Crippen MR) is 115 cm³/mol. The highest BCUT2D eigenvalue weighted by Crippen LogP contribution is 2.33. The van der Waals surface area contributed by atoms with Crippen LogP contribution in [0, 0.1) is 22.2 Å². The van der Waals surface area contributed by atoms with Crippen molar-refractivity contribution in [3.63, 3.8) is 0 Å². The molecule has 0 saturated heterocycles. The number of benzene rings is 1. The van der Waals surface area contributed by atoms with Crippen molar-refractivity contribution in [1.29, 1.82) is 0 Å². The number of fused-ring (bicyclic) bond motifs is 1. The molecule has 28 heavy (non-hydrogen) atoms. The molecule has 1 aromatic carbocycles. The minimum Gasteiger partial charge on any atom is -0.449 e. The SMILES string of the molecule is Cc1c(Cc2ccc(I)cc2F)c(N)c2n(c1=O)CCN2C(=O)OCC(C)C. The van der Waals surface area contributed by atoms with Crippen molar-refractivity contribution in [1.82, 2.24) is 4.57 Å². The molecule has 3 rings (SSSR count). The minimum atomic E-state index is -0.527. The van der Waals surface area contributed by atoms with Gasteiger partial charge in [-0.1, -0.05) is 19.9 Å². The number of anilines is 2. The van der Waals surface area contributed by atoms with Gasteiger partial charge in [-0.3, -0.25) is 14.3 Å². The van der Waals surface area contributed by atoms with Crippen LogP contribution in [0.1, 0.15) is 30.5 Å². The fourth-order valence-electron chi connectivity index (χ4n) is 3.29. The van der Waals surface area contributed by atoms with E-state index in [0.29, 0.717) is 41.3 Å². The number of carbonyl (C=O) groups excluding carboxylic acids is 1. The Kier molecular flexibility index (Phi) is 5.97. The summed E-state index contributed by atoms with van der Waals surface area (Å²) in [6.45, 7) is 6.53. The maximum absolute atomic E-state index is 14.3. The number of aromatic nitrogens is 1. The molecule has 1 aliphatic heterocycles. The van der Waals surface area contributed by atoms with E-state index in [2.05, 4.69) is 0 Å². The van der Waals surface area contributed by atoms with Crippen LogP contribution in [0.5, 0.6) is 0 Å². The number of rotatable bonds is 4. The molecule has 1 aromatic heterocycles. The van der Waals surface area contributed by atoms with E-state index in [1.165, 1.54) is 15.5 Å². The molecule has 150 valence electrons. The van der Waals surface area contributed by atoms with E-state index >= 15 is 0 Å². The van der Waals surface area contributed by atoms with Crippen LogP contribution in [0.2, 0.25) is 0 Å². The Hall–Kier alpha value is -2.10. The standard InChI is InChI=1S/C20H23FIN3O3/c1-11(2)10-28-20(27)25-7-6-24-18(25)17(23)15(12(3)19(24)26)8-13-4-5-14(22)9-16(13)21/h4-5,9,11H,6-8,10,23H2,1-3H3. The molecule has 0 bridgehead atoms. The van der Waals surface area contributed by atoms with Gasteiger partial charge in [-0.25, -0.2) is 9.18 Å². The number of pyridine rings is 1. The molecule has 2 N–H and O–H groups in total. The Bertz CT molecular complexity index is 988. The van der Waals surface area contributed by atoms with Crippen molar-refractivity contribution in [2.45, 2.75) is 33.7 Å². The van der Waals surface area contributed by atoms with E-state index in [-0.39, 0.29) is 30.3 Å². The van der Waals surface area contributed by atoms with Gasteiger partial charge in [0.2, 0.25) is 0 Å². The van der Waals surface area contributed by atoms with Crippen molar-refractivity contribution >= 4 is 40.2 Å². The van der Waals surface area contributed by atoms with Crippen molar-refractivity contribution < 1.29 is 13.9 Å². The summed E-state index contributed by atoms with van der Waals surface area (Å²) in [5.74, 6) is 0.188. The third kappa shape index (κ3) is 3.87. The number of hydrogen-bond acceptors (Lipinski definition) is 4. The molecule has 1 aliphatic rings. The molecule has 0 aliphatic carbocycles. The summed E-state index contributed by atoms with van der Waals surface area (Å²) in [7, 11) is 0. The second kappa shape index (κ2) is 8.10. The molecule has 1 amide bonds. The Balaban J connectivity index is 2.02. The first-order valence-corrected chi connectivity index (χ1v) is 10.2. The average molecular weight is 499 g/mol. The van der Waals surface area contributed by atoms with Gasteiger partial charge in [0.25, 0.3) is 5.56 Å². The lowest BCUT2D eigenvalue weighted by atomic mass is 9.99. The third-order valence-electron chi connectivity index (χ3n) is 4.79. The molecule has 0 spiro atoms. The van der Waals surface area contributed by atoms with Gasteiger partial charge in [0.05, 0.1) is 12.3 Å². The van der Waals surface area contributed by atoms with Gasteiger partial charge >= 0.3 is 6.09 Å². The molecular formula is C20H23FIN3O3. The summed E-state index contributed by atoms with van der Waals surface area (Å²) in [5, 5.41) is 0. The third-order valence-corrected chi connectivity index (χ3v) is 5.46. The Morgan fingerprint density at radius 3 is 2.71 bits per heavy atom. The van der Waals surface area contributed by atoms with Crippen LogP contribution in [0.25, 0.3) is 0 Å². The van der Waals surface area contributed by atoms with Gasteiger partial charge in [-0.05, 0) is 58.7 Å². The molecular weight excluding hydrogens is 476 g/mol. The highest BCUT2D eigenvalue weighted by molar-refractivity contribution is 14.1. The minimum absolute atomic E-state index is 0.179. The lowest BCUT2D eigenvalue weighted by molar-refractivity contribution is 0.140. The number of hydrogen-bond donors (Lipinski definition) is 1. The van der Waals surface area contributed by atoms with Crippen LogP contribution in [0.3, 0.4) is 0 Å². The first-order valence-electron chi connectivity index (χ1n) is 9.10. The van der Waals surface area contributed by atoms with Crippen LogP contribution in [0.15, 0.2) is 23.0 Å². The zero-order valence-corrected chi connectivity index (χ0v) is 18.2. The molecule has 0 unspecified atom stereocenters. The molecule has 2 aromatic rings. The monoisotopic (exact) mass is 499 g/mol. The van der Waals surface area contributed by atoms with Crippen LogP contribution < -0.4 is 16.2 Å². The van der Waals surface area contributed by atoms with Crippen LogP contribution in [-0.4, -0.2) is 23.8 Å². The lowest BCUT2D eigenvalue weighted by Crippen LogP contribution is -2.32. The van der Waals surface area contributed by atoms with E-state index in [4.69, 9.17) is 10.5 Å². The van der Waals surface area contributed by atoms with Crippen molar-refractivity contribution in [3.8, 4) is 0 Å². The molecule has 0 atom stereocenters. The number of halogens is 2. The smallest absolute Gasteiger partial charge is 0.415 e. The number of nitrogens with zero attached hydrogens (tertiary/aromatic N) is 2. The van der Waals surface area contributed by atoms with Crippen LogP contribution in [0.4, 0.5) is 20.7 Å². The van der Waals surface area contributed by atoms with Crippen LogP contribution in [-0.2, 0) is 17.7 Å². The fraction of sp³-hybridized carbons (Fsp3) is 0.400. The zero-order valence-electron chi connectivity index (χ0n) is 16.1. The number of nitrogen functional groups attached to an aromatic ring is 1. The van der Waals surface area contributed by atoms with Crippen molar-refractivity contribution in [2.75, 3.05) is 23.8 Å². The normalized spacial score (nSPS) is 13.1. The number of nitrogens with two attached hydrogens (primary N) is 1. The fourth-order valence-corrected chi connectivity index (χ4v) is 3.74. The molecule has 0 saturated carbocycles. The number of carbonyl (C=O) groups is 1. The van der Waals surface area contributed by atoms with Gasteiger partial charge < -0.3 is 10.5 Å². The van der Waals surface area contributed by atoms with E-state index < -0.39 is 6.09 Å². The molecule has 8 heteroatoms. The van der Waals surface area contributed by atoms with Gasteiger partial charge in [0, 0.05) is 28.6 Å². The van der Waals surface area contributed by atoms with E-state index in [9.17, 15) is 14.0 Å². The van der Waals surface area contributed by atoms with Gasteiger partial charge in [-0.2, -0.15) is 0 Å². The van der Waals surface area contributed by atoms with Crippen molar-refractivity contribution in [3.05, 3.63) is 54.6 Å². The molecule has 6 nitrogen and oxygen atoms in total. The van der Waals surface area contributed by atoms with E-state index in [1.807, 2.05) is 36.4 Å². The highest BCUT2D eigenvalue weighted by Gasteiger charge is 2.32. The Morgan fingerprint density at radius 1 is 1.36 bits per heavy atom. The quantitative estimate of drug-likeness (QED) is 0.652. The maximum Gasteiger partial charge on any atom is 0.415 e. The summed E-state index contributed by atoms with van der Waals surface area (Å²) in [6, 6.07) is 4.94. The Labute approximate surface area is 176 Å². The Morgan fingerprint density at radius 2 is 2.07 bits per heavy atom. The second-order valence-corrected chi connectivity index (χ2v) is 8.58. The largest absolute Gasteiger partial charge is 0.449 e. The van der Waals surface area contributed by atoms with Gasteiger partial charge in [0.15, 0.2) is 0 Å². The van der Waals surface area contributed by atoms with E-state index in [0.717, 1.165) is 3.57 Å². The first-order chi connectivity index (χ1) is 13.2. The summed E-state index contributed by atoms with van der Waals surface area (Å²) < 4.78 is 21.9. The zero-order chi connectivity index (χ0) is 20.6. The summed E-state index contributed by atoms with van der Waals surface area (Å²) in [6.07, 6.45) is -0.348. The molecule has 0 radical (unpaired) electrons.